The Kier molecular flexibility index (Phi) is 6.81. The molecule has 0 saturated carbocycles. The van der Waals surface area contributed by atoms with Gasteiger partial charge in [-0.3, -0.25) is 4.79 Å². The first-order chi connectivity index (χ1) is 12.2. The molecule has 1 aromatic rings. The van der Waals surface area contributed by atoms with Gasteiger partial charge in [-0.2, -0.15) is 4.31 Å². The van der Waals surface area contributed by atoms with E-state index in [0.717, 1.165) is 6.42 Å². The van der Waals surface area contributed by atoms with Crippen LogP contribution in [0.5, 0.6) is 0 Å². The fourth-order valence-electron chi connectivity index (χ4n) is 3.62. The smallest absolute Gasteiger partial charge is 0.248 e. The highest BCUT2D eigenvalue weighted by Crippen LogP contribution is 2.33. The number of hydrogen-bond donors (Lipinski definition) is 1. The zero-order valence-corrected chi connectivity index (χ0v) is 16.8. The lowest BCUT2D eigenvalue weighted by atomic mass is 9.82. The van der Waals surface area contributed by atoms with Gasteiger partial charge < -0.3 is 14.5 Å². The van der Waals surface area contributed by atoms with E-state index in [2.05, 4.69) is 5.16 Å². The normalized spacial score (nSPS) is 21.7. The molecule has 1 amide bonds. The molecule has 1 N–H and O–H groups in total. The van der Waals surface area contributed by atoms with Crippen molar-refractivity contribution >= 4 is 15.9 Å². The lowest BCUT2D eigenvalue weighted by molar-refractivity contribution is -0.132. The molecular weight excluding hydrogens is 358 g/mol. The fourth-order valence-corrected chi connectivity index (χ4v) is 5.43. The van der Waals surface area contributed by atoms with Gasteiger partial charge in [0.1, 0.15) is 10.6 Å². The lowest BCUT2D eigenvalue weighted by Gasteiger charge is -2.37. The van der Waals surface area contributed by atoms with Gasteiger partial charge in [-0.15, -0.1) is 0 Å². The van der Waals surface area contributed by atoms with E-state index in [0.29, 0.717) is 43.9 Å². The Morgan fingerprint density at radius 2 is 2.08 bits per heavy atom. The first-order valence-corrected chi connectivity index (χ1v) is 10.4. The van der Waals surface area contributed by atoms with Crippen molar-refractivity contribution in [1.29, 1.82) is 0 Å². The van der Waals surface area contributed by atoms with Gasteiger partial charge in [0.25, 0.3) is 0 Å². The fraction of sp³-hybridized carbons (Fsp3) is 0.765. The van der Waals surface area contributed by atoms with Crippen molar-refractivity contribution in [1.82, 2.24) is 14.4 Å². The number of aliphatic hydroxyl groups is 1. The summed E-state index contributed by atoms with van der Waals surface area (Å²) >= 11 is 0. The van der Waals surface area contributed by atoms with Gasteiger partial charge in [-0.25, -0.2) is 8.42 Å². The minimum absolute atomic E-state index is 0.00969. The van der Waals surface area contributed by atoms with Crippen LogP contribution in [-0.2, 0) is 14.8 Å². The summed E-state index contributed by atoms with van der Waals surface area (Å²) in [4.78, 5) is 14.0. The Labute approximate surface area is 155 Å². The van der Waals surface area contributed by atoms with Crippen molar-refractivity contribution in [3.63, 3.8) is 0 Å². The molecule has 0 spiro atoms. The number of amides is 1. The number of aromatic nitrogens is 1. The van der Waals surface area contributed by atoms with Crippen LogP contribution in [0, 0.1) is 25.7 Å². The lowest BCUT2D eigenvalue weighted by Crippen LogP contribution is -2.45. The van der Waals surface area contributed by atoms with Gasteiger partial charge in [-0.05, 0) is 32.1 Å². The second-order valence-corrected chi connectivity index (χ2v) is 8.85. The summed E-state index contributed by atoms with van der Waals surface area (Å²) in [6.45, 7) is 6.28. The van der Waals surface area contributed by atoms with Crippen LogP contribution in [0.2, 0.25) is 0 Å². The average Bonchev–Trinajstić information content (AvgIpc) is 2.94. The minimum Gasteiger partial charge on any atom is -0.395 e. The molecule has 0 radical (unpaired) electrons. The van der Waals surface area contributed by atoms with E-state index in [1.54, 1.807) is 20.9 Å². The van der Waals surface area contributed by atoms with Crippen molar-refractivity contribution in [2.45, 2.75) is 44.9 Å². The van der Waals surface area contributed by atoms with Crippen LogP contribution in [-0.4, -0.2) is 67.1 Å². The van der Waals surface area contributed by atoms with Crippen molar-refractivity contribution in [3.8, 4) is 0 Å². The molecule has 0 aliphatic carbocycles. The van der Waals surface area contributed by atoms with Gasteiger partial charge in [0, 0.05) is 33.1 Å². The maximum Gasteiger partial charge on any atom is 0.248 e. The molecule has 26 heavy (non-hydrogen) atoms. The summed E-state index contributed by atoms with van der Waals surface area (Å²) < 4.78 is 32.5. The first kappa shape index (κ1) is 20.9. The second-order valence-electron chi connectivity index (χ2n) is 6.98. The quantitative estimate of drug-likeness (QED) is 0.753. The molecule has 148 valence electrons. The van der Waals surface area contributed by atoms with E-state index in [1.807, 2.05) is 6.92 Å². The van der Waals surface area contributed by atoms with Gasteiger partial charge in [0.2, 0.25) is 15.9 Å². The molecule has 1 aromatic heterocycles. The molecule has 2 rings (SSSR count). The van der Waals surface area contributed by atoms with E-state index in [1.165, 1.54) is 9.21 Å². The number of carbonyl (C=O) groups is 1. The minimum atomic E-state index is -3.65. The number of rotatable bonds is 7. The number of likely N-dealkylation sites (N-methyl/N-ethyl adjacent to an activating group) is 1. The van der Waals surface area contributed by atoms with Crippen molar-refractivity contribution in [2.24, 2.45) is 11.8 Å². The van der Waals surface area contributed by atoms with E-state index in [-0.39, 0.29) is 29.2 Å². The number of carbonyl (C=O) groups excluding carboxylic acids is 1. The predicted octanol–water partition coefficient (Wildman–Crippen LogP) is 1.17. The van der Waals surface area contributed by atoms with Gasteiger partial charge in [0.15, 0.2) is 5.76 Å². The van der Waals surface area contributed by atoms with Crippen molar-refractivity contribution in [2.75, 3.05) is 33.3 Å². The second kappa shape index (κ2) is 8.49. The van der Waals surface area contributed by atoms with E-state index >= 15 is 0 Å². The molecule has 2 atom stereocenters. The Hall–Kier alpha value is -1.45. The zero-order valence-electron chi connectivity index (χ0n) is 15.9. The molecule has 1 saturated heterocycles. The Morgan fingerprint density at radius 1 is 1.38 bits per heavy atom. The van der Waals surface area contributed by atoms with Crippen LogP contribution in [0.4, 0.5) is 0 Å². The van der Waals surface area contributed by atoms with E-state index < -0.39 is 10.0 Å². The molecule has 2 heterocycles. The number of nitrogens with zero attached hydrogens (tertiary/aromatic N) is 3. The summed E-state index contributed by atoms with van der Waals surface area (Å²) in [5, 5.41) is 12.7. The average molecular weight is 388 g/mol. The van der Waals surface area contributed by atoms with Crippen LogP contribution < -0.4 is 0 Å². The van der Waals surface area contributed by atoms with Crippen LogP contribution in [0.3, 0.4) is 0 Å². The molecule has 0 aromatic carbocycles. The zero-order chi connectivity index (χ0) is 19.5. The summed E-state index contributed by atoms with van der Waals surface area (Å²) in [6.07, 6.45) is 1.82. The molecular formula is C17H29N3O5S. The number of aliphatic hydroxyl groups excluding tert-OH is 1. The summed E-state index contributed by atoms with van der Waals surface area (Å²) in [7, 11) is -1.97. The molecule has 1 aliphatic heterocycles. The standard InChI is InChI=1S/C17H29N3O5S/c1-5-14-11-20(26(23,24)17-12(2)18-25-13(17)3)7-6-15(14)10-16(22)19(4)8-9-21/h14-15,21H,5-11H2,1-4H3. The maximum absolute atomic E-state index is 13.0. The molecule has 1 fully saturated rings. The monoisotopic (exact) mass is 387 g/mol. The largest absolute Gasteiger partial charge is 0.395 e. The molecule has 2 unspecified atom stereocenters. The number of aryl methyl sites for hydroxylation is 2. The maximum atomic E-state index is 13.0. The van der Waals surface area contributed by atoms with Crippen LogP contribution >= 0.6 is 0 Å². The highest BCUT2D eigenvalue weighted by molar-refractivity contribution is 7.89. The Balaban J connectivity index is 2.11. The summed E-state index contributed by atoms with van der Waals surface area (Å²) in [5.74, 6) is 0.554. The third kappa shape index (κ3) is 4.27. The molecule has 0 bridgehead atoms. The number of hydrogen-bond acceptors (Lipinski definition) is 6. The third-order valence-corrected chi connectivity index (χ3v) is 7.35. The van der Waals surface area contributed by atoms with Gasteiger partial charge in [-0.1, -0.05) is 18.5 Å². The summed E-state index contributed by atoms with van der Waals surface area (Å²) in [5.41, 5.74) is 0.374. The molecule has 1 aliphatic rings. The topological polar surface area (TPSA) is 104 Å². The van der Waals surface area contributed by atoms with Crippen molar-refractivity contribution in [3.05, 3.63) is 11.5 Å². The predicted molar refractivity (Wildman–Crippen MR) is 96.0 cm³/mol. The van der Waals surface area contributed by atoms with Crippen molar-refractivity contribution < 1.29 is 22.8 Å². The van der Waals surface area contributed by atoms with Crippen LogP contribution in [0.15, 0.2) is 9.42 Å². The highest BCUT2D eigenvalue weighted by Gasteiger charge is 2.38. The Morgan fingerprint density at radius 3 is 2.62 bits per heavy atom. The Bertz CT molecular complexity index is 711. The number of piperidine rings is 1. The molecule has 9 heteroatoms. The third-order valence-electron chi connectivity index (χ3n) is 5.24. The number of sulfonamides is 1. The van der Waals surface area contributed by atoms with Gasteiger partial charge >= 0.3 is 0 Å². The van der Waals surface area contributed by atoms with Crippen LogP contribution in [0.1, 0.15) is 37.6 Å². The van der Waals surface area contributed by atoms with E-state index in [4.69, 9.17) is 9.63 Å². The first-order valence-electron chi connectivity index (χ1n) is 9.00. The summed E-state index contributed by atoms with van der Waals surface area (Å²) in [6, 6.07) is 0. The van der Waals surface area contributed by atoms with E-state index in [9.17, 15) is 13.2 Å². The van der Waals surface area contributed by atoms with Crippen LogP contribution in [0.25, 0.3) is 0 Å². The molecule has 8 nitrogen and oxygen atoms in total. The SMILES string of the molecule is CCC1CN(S(=O)(=O)c2c(C)noc2C)CCC1CC(=O)N(C)CCO. The highest BCUT2D eigenvalue weighted by atomic mass is 32.2. The van der Waals surface area contributed by atoms with Gasteiger partial charge in [0.05, 0.1) is 6.61 Å².